The number of H-pyrrole nitrogens is 1. The highest BCUT2D eigenvalue weighted by molar-refractivity contribution is 5.83. The second-order valence-corrected chi connectivity index (χ2v) is 6.08. The number of ether oxygens (including phenoxy) is 1. The highest BCUT2D eigenvalue weighted by Gasteiger charge is 2.16. The van der Waals surface area contributed by atoms with Gasteiger partial charge in [0.15, 0.2) is 5.65 Å². The fourth-order valence-corrected chi connectivity index (χ4v) is 3.28. The third-order valence-corrected chi connectivity index (χ3v) is 4.53. The summed E-state index contributed by atoms with van der Waals surface area (Å²) in [5.74, 6) is 0.905. The molecule has 0 radical (unpaired) electrons. The molecule has 3 aromatic heterocycles. The molecule has 0 amide bonds. The fourth-order valence-electron chi connectivity index (χ4n) is 3.28. The maximum absolute atomic E-state index is 5.98. The molecule has 1 atom stereocenters. The molecular formula is C18H17N5O. The lowest BCUT2D eigenvalue weighted by Crippen LogP contribution is -2.19. The van der Waals surface area contributed by atoms with E-state index in [9.17, 15) is 0 Å². The molecule has 0 saturated carbocycles. The standard InChI is InChI=1S/C18H17N5O/c1-3-13(24-14-5-7-19-9-14)4-2-12(1)17-16-10-21-18-15(6-8-20-18)23(16)11-22-17/h1-4,6,8,10-11,14,19-20H,5,7,9H2. The van der Waals surface area contributed by atoms with Crippen molar-refractivity contribution in [3.8, 4) is 17.0 Å². The summed E-state index contributed by atoms with van der Waals surface area (Å²) in [6.45, 7) is 1.95. The van der Waals surface area contributed by atoms with Crippen molar-refractivity contribution in [3.63, 3.8) is 0 Å². The number of fused-ring (bicyclic) bond motifs is 3. The average molecular weight is 319 g/mol. The molecule has 5 rings (SSSR count). The van der Waals surface area contributed by atoms with Gasteiger partial charge in [-0.15, -0.1) is 0 Å². The Morgan fingerprint density at radius 2 is 2.00 bits per heavy atom. The second kappa shape index (κ2) is 5.35. The highest BCUT2D eigenvalue weighted by Crippen LogP contribution is 2.27. The summed E-state index contributed by atoms with van der Waals surface area (Å²) in [6.07, 6.45) is 6.93. The van der Waals surface area contributed by atoms with Gasteiger partial charge in [-0.25, -0.2) is 9.97 Å². The van der Waals surface area contributed by atoms with Gasteiger partial charge in [0.25, 0.3) is 0 Å². The Labute approximate surface area is 138 Å². The smallest absolute Gasteiger partial charge is 0.154 e. The van der Waals surface area contributed by atoms with Gasteiger partial charge in [-0.3, -0.25) is 4.40 Å². The number of aromatic amines is 1. The van der Waals surface area contributed by atoms with Crippen molar-refractivity contribution in [1.29, 1.82) is 0 Å². The van der Waals surface area contributed by atoms with Gasteiger partial charge in [0, 0.05) is 18.3 Å². The fraction of sp³-hybridized carbons (Fsp3) is 0.222. The third kappa shape index (κ3) is 2.15. The molecule has 4 heterocycles. The second-order valence-electron chi connectivity index (χ2n) is 6.08. The van der Waals surface area contributed by atoms with Crippen LogP contribution in [0.1, 0.15) is 6.42 Å². The Morgan fingerprint density at radius 1 is 1.08 bits per heavy atom. The van der Waals surface area contributed by atoms with E-state index >= 15 is 0 Å². The Balaban J connectivity index is 1.50. The molecule has 0 spiro atoms. The average Bonchev–Trinajstić information content (AvgIpc) is 3.35. The molecule has 1 fully saturated rings. The van der Waals surface area contributed by atoms with Crippen molar-refractivity contribution in [3.05, 3.63) is 49.1 Å². The third-order valence-electron chi connectivity index (χ3n) is 4.53. The van der Waals surface area contributed by atoms with E-state index in [1.165, 1.54) is 0 Å². The first-order valence-electron chi connectivity index (χ1n) is 8.15. The van der Waals surface area contributed by atoms with Crippen LogP contribution in [0.15, 0.2) is 49.1 Å². The van der Waals surface area contributed by atoms with Crippen molar-refractivity contribution in [1.82, 2.24) is 24.7 Å². The van der Waals surface area contributed by atoms with E-state index in [1.54, 1.807) is 0 Å². The first-order valence-corrected chi connectivity index (χ1v) is 8.15. The molecule has 2 N–H and O–H groups in total. The summed E-state index contributed by atoms with van der Waals surface area (Å²) < 4.78 is 8.04. The number of nitrogens with zero attached hydrogens (tertiary/aromatic N) is 3. The molecule has 120 valence electrons. The minimum Gasteiger partial charge on any atom is -0.489 e. The lowest BCUT2D eigenvalue weighted by atomic mass is 10.1. The zero-order chi connectivity index (χ0) is 15.9. The number of hydrogen-bond acceptors (Lipinski definition) is 4. The Kier molecular flexibility index (Phi) is 3.02. The normalized spacial score (nSPS) is 17.8. The van der Waals surface area contributed by atoms with E-state index < -0.39 is 0 Å². The van der Waals surface area contributed by atoms with E-state index in [1.807, 2.05) is 36.9 Å². The first-order chi connectivity index (χ1) is 11.9. The van der Waals surface area contributed by atoms with E-state index in [4.69, 9.17) is 4.74 Å². The topological polar surface area (TPSA) is 67.2 Å². The number of aromatic nitrogens is 4. The van der Waals surface area contributed by atoms with Crippen LogP contribution in [0, 0.1) is 0 Å². The van der Waals surface area contributed by atoms with Gasteiger partial charge in [-0.1, -0.05) is 0 Å². The summed E-state index contributed by atoms with van der Waals surface area (Å²) in [7, 11) is 0. The Bertz CT molecular complexity index is 995. The van der Waals surface area contributed by atoms with Crippen LogP contribution < -0.4 is 10.1 Å². The van der Waals surface area contributed by atoms with Gasteiger partial charge in [0.2, 0.25) is 0 Å². The van der Waals surface area contributed by atoms with Gasteiger partial charge in [0.05, 0.1) is 22.9 Å². The summed E-state index contributed by atoms with van der Waals surface area (Å²) >= 11 is 0. The first kappa shape index (κ1) is 13.6. The monoisotopic (exact) mass is 319 g/mol. The zero-order valence-corrected chi connectivity index (χ0v) is 13.1. The molecule has 24 heavy (non-hydrogen) atoms. The van der Waals surface area contributed by atoms with Gasteiger partial charge in [0.1, 0.15) is 18.2 Å². The molecular weight excluding hydrogens is 302 g/mol. The number of rotatable bonds is 3. The van der Waals surface area contributed by atoms with E-state index in [-0.39, 0.29) is 6.10 Å². The van der Waals surface area contributed by atoms with Crippen molar-refractivity contribution in [2.24, 2.45) is 0 Å². The minimum absolute atomic E-state index is 0.273. The van der Waals surface area contributed by atoms with Crippen molar-refractivity contribution < 1.29 is 4.74 Å². The van der Waals surface area contributed by atoms with Crippen LogP contribution in [0.3, 0.4) is 0 Å². The Morgan fingerprint density at radius 3 is 2.83 bits per heavy atom. The number of benzene rings is 1. The SMILES string of the molecule is c1cc2c(ncc3c(-c4ccc(OC5CCNC5)cc4)ncn32)[nH]1. The quantitative estimate of drug-likeness (QED) is 0.609. The van der Waals surface area contributed by atoms with Crippen molar-refractivity contribution >= 4 is 16.7 Å². The summed E-state index contributed by atoms with van der Waals surface area (Å²) in [5, 5.41) is 3.31. The molecule has 1 aliphatic rings. The van der Waals surface area contributed by atoms with Crippen LogP contribution >= 0.6 is 0 Å². The number of nitrogens with one attached hydrogen (secondary N) is 2. The molecule has 1 unspecified atom stereocenters. The van der Waals surface area contributed by atoms with Gasteiger partial charge >= 0.3 is 0 Å². The predicted octanol–water partition coefficient (Wildman–Crippen LogP) is 2.62. The summed E-state index contributed by atoms with van der Waals surface area (Å²) in [5.41, 5.74) is 4.88. The lowest BCUT2D eigenvalue weighted by molar-refractivity contribution is 0.223. The summed E-state index contributed by atoms with van der Waals surface area (Å²) in [6, 6.07) is 10.2. The predicted molar refractivity (Wildman–Crippen MR) is 92.2 cm³/mol. The van der Waals surface area contributed by atoms with Crippen molar-refractivity contribution in [2.75, 3.05) is 13.1 Å². The molecule has 6 heteroatoms. The molecule has 1 aliphatic heterocycles. The zero-order valence-electron chi connectivity index (χ0n) is 13.1. The maximum Gasteiger partial charge on any atom is 0.154 e. The molecule has 4 aromatic rings. The van der Waals surface area contributed by atoms with E-state index in [0.717, 1.165) is 53.2 Å². The molecule has 0 bridgehead atoms. The molecule has 6 nitrogen and oxygen atoms in total. The van der Waals surface area contributed by atoms with Crippen molar-refractivity contribution in [2.45, 2.75) is 12.5 Å². The Hall–Kier alpha value is -2.86. The molecule has 1 saturated heterocycles. The summed E-state index contributed by atoms with van der Waals surface area (Å²) in [4.78, 5) is 12.2. The van der Waals surface area contributed by atoms with E-state index in [0.29, 0.717) is 0 Å². The largest absolute Gasteiger partial charge is 0.489 e. The van der Waals surface area contributed by atoms with Crippen LogP contribution in [0.2, 0.25) is 0 Å². The van der Waals surface area contributed by atoms with Crippen LogP contribution in [-0.2, 0) is 0 Å². The highest BCUT2D eigenvalue weighted by atomic mass is 16.5. The van der Waals surface area contributed by atoms with Gasteiger partial charge in [-0.05, 0) is 43.3 Å². The lowest BCUT2D eigenvalue weighted by Gasteiger charge is -2.12. The van der Waals surface area contributed by atoms with Crippen LogP contribution in [0.4, 0.5) is 0 Å². The van der Waals surface area contributed by atoms with E-state index in [2.05, 4.69) is 36.8 Å². The minimum atomic E-state index is 0.273. The van der Waals surface area contributed by atoms with Crippen LogP contribution in [0.25, 0.3) is 27.9 Å². The molecule has 1 aromatic carbocycles. The molecule has 0 aliphatic carbocycles. The number of imidazole rings is 1. The van der Waals surface area contributed by atoms with Crippen LogP contribution in [0.5, 0.6) is 5.75 Å². The van der Waals surface area contributed by atoms with Crippen LogP contribution in [-0.4, -0.2) is 38.5 Å². The van der Waals surface area contributed by atoms with Gasteiger partial charge < -0.3 is 15.0 Å². The maximum atomic E-state index is 5.98. The van der Waals surface area contributed by atoms with Gasteiger partial charge in [-0.2, -0.15) is 0 Å². The number of hydrogen-bond donors (Lipinski definition) is 2.